The summed E-state index contributed by atoms with van der Waals surface area (Å²) in [5, 5.41) is 3.23. The number of sulfonamides is 1. The van der Waals surface area contributed by atoms with Crippen LogP contribution in [0.4, 0.5) is 0 Å². The van der Waals surface area contributed by atoms with Gasteiger partial charge < -0.3 is 5.32 Å². The summed E-state index contributed by atoms with van der Waals surface area (Å²) < 4.78 is 27.4. The SMILES string of the molecule is Cc1ccc([C@H](NC(=O)C2CCN(S(=O)(=O)Cc3cccc(C)c3)CC2)c2ccccc2)cc1. The lowest BCUT2D eigenvalue weighted by Crippen LogP contribution is -2.44. The van der Waals surface area contributed by atoms with Crippen LogP contribution in [0.5, 0.6) is 0 Å². The summed E-state index contributed by atoms with van der Waals surface area (Å²) in [6.45, 7) is 4.74. The molecule has 3 aromatic carbocycles. The number of carbonyl (C=O) groups is 1. The molecule has 0 unspecified atom stereocenters. The van der Waals surface area contributed by atoms with E-state index in [1.54, 1.807) is 0 Å². The summed E-state index contributed by atoms with van der Waals surface area (Å²) in [7, 11) is -3.41. The molecule has 1 aliphatic rings. The number of rotatable bonds is 7. The van der Waals surface area contributed by atoms with E-state index in [4.69, 9.17) is 0 Å². The number of piperidine rings is 1. The van der Waals surface area contributed by atoms with E-state index >= 15 is 0 Å². The highest BCUT2D eigenvalue weighted by Crippen LogP contribution is 2.26. The van der Waals surface area contributed by atoms with Crippen molar-refractivity contribution in [2.24, 2.45) is 5.92 Å². The van der Waals surface area contributed by atoms with Gasteiger partial charge in [0.25, 0.3) is 0 Å². The van der Waals surface area contributed by atoms with E-state index in [2.05, 4.69) is 17.4 Å². The first-order valence-corrected chi connectivity index (χ1v) is 13.4. The van der Waals surface area contributed by atoms with E-state index in [0.29, 0.717) is 25.9 Å². The predicted octanol–water partition coefficient (Wildman–Crippen LogP) is 4.75. The number of aryl methyl sites for hydroxylation is 2. The highest BCUT2D eigenvalue weighted by molar-refractivity contribution is 7.88. The van der Waals surface area contributed by atoms with Crippen LogP contribution in [0.3, 0.4) is 0 Å². The Bertz CT molecular complexity index is 1220. The molecule has 1 N–H and O–H groups in total. The normalized spacial score (nSPS) is 16.2. The number of hydrogen-bond acceptors (Lipinski definition) is 3. The minimum Gasteiger partial charge on any atom is -0.345 e. The Labute approximate surface area is 202 Å². The molecule has 5 nitrogen and oxygen atoms in total. The van der Waals surface area contributed by atoms with Crippen LogP contribution in [0, 0.1) is 19.8 Å². The van der Waals surface area contributed by atoms with Crippen LogP contribution in [-0.4, -0.2) is 31.7 Å². The van der Waals surface area contributed by atoms with E-state index in [-0.39, 0.29) is 23.6 Å². The van der Waals surface area contributed by atoms with Crippen LogP contribution in [-0.2, 0) is 20.6 Å². The third-order valence-electron chi connectivity index (χ3n) is 6.48. The van der Waals surface area contributed by atoms with Gasteiger partial charge in [-0.1, -0.05) is 90.0 Å². The molecule has 1 atom stereocenters. The maximum absolute atomic E-state index is 13.2. The van der Waals surface area contributed by atoms with Crippen molar-refractivity contribution in [3.8, 4) is 0 Å². The first-order chi connectivity index (χ1) is 16.3. The van der Waals surface area contributed by atoms with Gasteiger partial charge in [0.2, 0.25) is 15.9 Å². The van der Waals surface area contributed by atoms with Gasteiger partial charge in [0, 0.05) is 19.0 Å². The molecule has 0 saturated carbocycles. The first kappa shape index (κ1) is 24.2. The minimum absolute atomic E-state index is 0.00491. The lowest BCUT2D eigenvalue weighted by Gasteiger charge is -2.31. The third kappa shape index (κ3) is 5.93. The second-order valence-corrected chi connectivity index (χ2v) is 11.2. The molecule has 3 aromatic rings. The summed E-state index contributed by atoms with van der Waals surface area (Å²) in [6, 6.07) is 25.5. The topological polar surface area (TPSA) is 66.5 Å². The summed E-state index contributed by atoms with van der Waals surface area (Å²) in [4.78, 5) is 13.2. The lowest BCUT2D eigenvalue weighted by molar-refractivity contribution is -0.126. The number of hydrogen-bond donors (Lipinski definition) is 1. The Kier molecular flexibility index (Phi) is 7.49. The largest absolute Gasteiger partial charge is 0.345 e. The Balaban J connectivity index is 1.41. The lowest BCUT2D eigenvalue weighted by atomic mass is 9.94. The molecule has 0 bridgehead atoms. The highest BCUT2D eigenvalue weighted by atomic mass is 32.2. The van der Waals surface area contributed by atoms with Gasteiger partial charge in [0.05, 0.1) is 11.8 Å². The maximum Gasteiger partial charge on any atom is 0.223 e. The molecule has 6 heteroatoms. The van der Waals surface area contributed by atoms with Gasteiger partial charge >= 0.3 is 0 Å². The Morgan fingerprint density at radius 1 is 0.882 bits per heavy atom. The number of benzene rings is 3. The molecule has 178 valence electrons. The summed E-state index contributed by atoms with van der Waals surface area (Å²) in [6.07, 6.45) is 1.04. The number of nitrogens with one attached hydrogen (secondary N) is 1. The summed E-state index contributed by atoms with van der Waals surface area (Å²) in [5.41, 5.74) is 5.07. The highest BCUT2D eigenvalue weighted by Gasteiger charge is 2.32. The van der Waals surface area contributed by atoms with Crippen molar-refractivity contribution in [3.63, 3.8) is 0 Å². The monoisotopic (exact) mass is 476 g/mol. The zero-order valence-electron chi connectivity index (χ0n) is 19.8. The van der Waals surface area contributed by atoms with Crippen molar-refractivity contribution in [1.29, 1.82) is 0 Å². The second kappa shape index (κ2) is 10.5. The van der Waals surface area contributed by atoms with Crippen LogP contribution < -0.4 is 5.32 Å². The van der Waals surface area contributed by atoms with Crippen LogP contribution in [0.2, 0.25) is 0 Å². The van der Waals surface area contributed by atoms with E-state index in [9.17, 15) is 13.2 Å². The molecule has 1 saturated heterocycles. The average molecular weight is 477 g/mol. The molecule has 1 fully saturated rings. The van der Waals surface area contributed by atoms with Gasteiger partial charge in [-0.05, 0) is 43.4 Å². The van der Waals surface area contributed by atoms with Crippen LogP contribution >= 0.6 is 0 Å². The van der Waals surface area contributed by atoms with Crippen LogP contribution in [0.25, 0.3) is 0 Å². The van der Waals surface area contributed by atoms with E-state index in [0.717, 1.165) is 22.3 Å². The predicted molar refractivity (Wildman–Crippen MR) is 136 cm³/mol. The molecule has 0 aliphatic carbocycles. The Morgan fingerprint density at radius 3 is 2.18 bits per heavy atom. The Morgan fingerprint density at radius 2 is 1.53 bits per heavy atom. The molecule has 0 radical (unpaired) electrons. The summed E-state index contributed by atoms with van der Waals surface area (Å²) >= 11 is 0. The molecule has 0 spiro atoms. The van der Waals surface area contributed by atoms with Crippen molar-refractivity contribution >= 4 is 15.9 Å². The van der Waals surface area contributed by atoms with Gasteiger partial charge in [-0.15, -0.1) is 0 Å². The van der Waals surface area contributed by atoms with Gasteiger partial charge in [0.15, 0.2) is 0 Å². The molecule has 4 rings (SSSR count). The minimum atomic E-state index is -3.41. The van der Waals surface area contributed by atoms with Crippen molar-refractivity contribution in [2.45, 2.75) is 38.5 Å². The second-order valence-electron chi connectivity index (χ2n) is 9.18. The number of carbonyl (C=O) groups excluding carboxylic acids is 1. The van der Waals surface area contributed by atoms with Crippen molar-refractivity contribution in [1.82, 2.24) is 9.62 Å². The molecule has 34 heavy (non-hydrogen) atoms. The standard InChI is InChI=1S/C28H32N2O3S/c1-21-11-13-25(14-12-21)27(24-9-4-3-5-10-24)29-28(31)26-15-17-30(18-16-26)34(32,33)20-23-8-6-7-22(2)19-23/h3-14,19,26-27H,15-18,20H2,1-2H3,(H,29,31)/t27-/m1/s1. The fourth-order valence-corrected chi connectivity index (χ4v) is 6.07. The fraction of sp³-hybridized carbons (Fsp3) is 0.321. The van der Waals surface area contributed by atoms with E-state index in [1.165, 1.54) is 9.87 Å². The first-order valence-electron chi connectivity index (χ1n) is 11.8. The van der Waals surface area contributed by atoms with Crippen LogP contribution in [0.15, 0.2) is 78.9 Å². The molecule has 0 aromatic heterocycles. The van der Waals surface area contributed by atoms with Crippen LogP contribution in [0.1, 0.15) is 46.7 Å². The number of nitrogens with zero attached hydrogens (tertiary/aromatic N) is 1. The number of amides is 1. The van der Waals surface area contributed by atoms with Gasteiger partial charge in [-0.3, -0.25) is 4.79 Å². The maximum atomic E-state index is 13.2. The van der Waals surface area contributed by atoms with Gasteiger partial charge in [-0.25, -0.2) is 12.7 Å². The smallest absolute Gasteiger partial charge is 0.223 e. The zero-order chi connectivity index (χ0) is 24.1. The van der Waals surface area contributed by atoms with Crippen molar-refractivity contribution in [2.75, 3.05) is 13.1 Å². The van der Waals surface area contributed by atoms with Gasteiger partial charge in [-0.2, -0.15) is 0 Å². The molecule has 1 aliphatic heterocycles. The van der Waals surface area contributed by atoms with Crippen molar-refractivity contribution in [3.05, 3.63) is 107 Å². The molecular formula is C28H32N2O3S. The Hall–Kier alpha value is -2.96. The molecular weight excluding hydrogens is 444 g/mol. The quantitative estimate of drug-likeness (QED) is 0.535. The summed E-state index contributed by atoms with van der Waals surface area (Å²) in [5.74, 6) is -0.234. The van der Waals surface area contributed by atoms with E-state index in [1.807, 2.05) is 80.6 Å². The van der Waals surface area contributed by atoms with Gasteiger partial charge in [0.1, 0.15) is 0 Å². The molecule has 1 heterocycles. The molecule has 1 amide bonds. The zero-order valence-corrected chi connectivity index (χ0v) is 20.6. The average Bonchev–Trinajstić information content (AvgIpc) is 2.83. The van der Waals surface area contributed by atoms with Crippen molar-refractivity contribution < 1.29 is 13.2 Å². The third-order valence-corrected chi connectivity index (χ3v) is 8.33. The van der Waals surface area contributed by atoms with E-state index < -0.39 is 10.0 Å². The fourth-order valence-electron chi connectivity index (χ4n) is 4.52.